The Morgan fingerprint density at radius 2 is 1.94 bits per heavy atom. The third kappa shape index (κ3) is 1.70. The van der Waals surface area contributed by atoms with Gasteiger partial charge in [0.2, 0.25) is 0 Å². The summed E-state index contributed by atoms with van der Waals surface area (Å²) in [5, 5.41) is 0. The predicted molar refractivity (Wildman–Crippen MR) is 65.5 cm³/mol. The Bertz CT molecular complexity index is 264. The lowest BCUT2D eigenvalue weighted by atomic mass is 9.49. The second kappa shape index (κ2) is 3.46. The fourth-order valence-corrected chi connectivity index (χ4v) is 3.76. The quantitative estimate of drug-likeness (QED) is 0.729. The van der Waals surface area contributed by atoms with Crippen LogP contribution < -0.4 is 0 Å². The maximum atomic E-state index is 5.98. The van der Waals surface area contributed by atoms with Crippen molar-refractivity contribution in [1.82, 2.24) is 4.90 Å². The summed E-state index contributed by atoms with van der Waals surface area (Å²) in [4.78, 5) is 2.79. The minimum Gasteiger partial charge on any atom is -0.374 e. The Kier molecular flexibility index (Phi) is 2.38. The Morgan fingerprint density at radius 1 is 1.25 bits per heavy atom. The van der Waals surface area contributed by atoms with Crippen molar-refractivity contribution in [3.8, 4) is 0 Å². The van der Waals surface area contributed by atoms with Crippen LogP contribution in [0.15, 0.2) is 0 Å². The minimum absolute atomic E-state index is 0.0215. The van der Waals surface area contributed by atoms with Crippen LogP contribution in [0.3, 0.4) is 0 Å². The van der Waals surface area contributed by atoms with Crippen molar-refractivity contribution >= 4 is 0 Å². The molecule has 2 heteroatoms. The minimum atomic E-state index is 0.0215. The Hall–Kier alpha value is -0.0800. The Balaban J connectivity index is 1.57. The molecular weight excluding hydrogens is 198 g/mol. The van der Waals surface area contributed by atoms with Crippen LogP contribution >= 0.6 is 0 Å². The van der Waals surface area contributed by atoms with E-state index in [1.54, 1.807) is 0 Å². The van der Waals surface area contributed by atoms with Gasteiger partial charge in [-0.3, -0.25) is 4.90 Å². The summed E-state index contributed by atoms with van der Waals surface area (Å²) in [7, 11) is 0. The second-order valence-corrected chi connectivity index (χ2v) is 7.12. The first-order valence-corrected chi connectivity index (χ1v) is 6.89. The summed E-state index contributed by atoms with van der Waals surface area (Å²) in [6.45, 7) is 8.74. The number of nitrogens with zero attached hydrogens (tertiary/aromatic N) is 1. The Labute approximate surface area is 99.3 Å². The molecular formula is C14H25NO. The van der Waals surface area contributed by atoms with E-state index < -0.39 is 0 Å². The molecule has 4 rings (SSSR count). The predicted octanol–water partition coefficient (Wildman–Crippen LogP) is 2.82. The number of likely N-dealkylation sites (tertiary alicyclic amines) is 1. The van der Waals surface area contributed by atoms with Gasteiger partial charge in [0.05, 0.1) is 12.2 Å². The van der Waals surface area contributed by atoms with Crippen LogP contribution in [0.1, 0.15) is 52.9 Å². The van der Waals surface area contributed by atoms with E-state index in [1.807, 2.05) is 0 Å². The molecule has 0 spiro atoms. The lowest BCUT2D eigenvalue weighted by molar-refractivity contribution is -0.161. The molecule has 1 heterocycles. The molecule has 1 unspecified atom stereocenters. The van der Waals surface area contributed by atoms with Crippen LogP contribution in [0.25, 0.3) is 0 Å². The lowest BCUT2D eigenvalue weighted by Crippen LogP contribution is -2.69. The van der Waals surface area contributed by atoms with Gasteiger partial charge >= 0.3 is 0 Å². The van der Waals surface area contributed by atoms with E-state index in [-0.39, 0.29) is 5.60 Å². The van der Waals surface area contributed by atoms with Crippen LogP contribution in [0, 0.1) is 5.92 Å². The molecule has 0 aromatic rings. The SMILES string of the molecule is CC(C)(C)OCC1CCCN1C12CC(C1)C2. The average molecular weight is 223 g/mol. The summed E-state index contributed by atoms with van der Waals surface area (Å²) in [5.41, 5.74) is 0.667. The van der Waals surface area contributed by atoms with Crippen molar-refractivity contribution < 1.29 is 4.74 Å². The largest absolute Gasteiger partial charge is 0.374 e. The molecule has 1 aliphatic heterocycles. The molecule has 0 aromatic carbocycles. The Morgan fingerprint density at radius 3 is 2.44 bits per heavy atom. The van der Waals surface area contributed by atoms with Crippen LogP contribution in [0.4, 0.5) is 0 Å². The van der Waals surface area contributed by atoms with E-state index >= 15 is 0 Å². The highest BCUT2D eigenvalue weighted by Gasteiger charge is 2.61. The zero-order valence-corrected chi connectivity index (χ0v) is 11.0. The first-order valence-electron chi connectivity index (χ1n) is 6.89. The van der Waals surface area contributed by atoms with Crippen LogP contribution in [-0.2, 0) is 4.74 Å². The first-order chi connectivity index (χ1) is 7.49. The van der Waals surface area contributed by atoms with Gasteiger partial charge in [-0.05, 0) is 65.3 Å². The highest BCUT2D eigenvalue weighted by atomic mass is 16.5. The summed E-state index contributed by atoms with van der Waals surface area (Å²) >= 11 is 0. The molecule has 0 amide bonds. The fourth-order valence-electron chi connectivity index (χ4n) is 3.76. The molecule has 3 aliphatic carbocycles. The third-order valence-corrected chi connectivity index (χ3v) is 4.70. The summed E-state index contributed by atoms with van der Waals surface area (Å²) in [6, 6.07) is 0.709. The third-order valence-electron chi connectivity index (χ3n) is 4.70. The zero-order valence-electron chi connectivity index (χ0n) is 11.0. The van der Waals surface area contributed by atoms with Gasteiger partial charge in [0, 0.05) is 11.6 Å². The standard InChI is InChI=1S/C14H25NO/c1-13(2,3)16-10-12-5-4-6-15(12)14-7-11(8-14)9-14/h11-12H,4-10H2,1-3H3. The average Bonchev–Trinajstić information content (AvgIpc) is 2.42. The maximum absolute atomic E-state index is 5.98. The van der Waals surface area contributed by atoms with Gasteiger partial charge in [0.15, 0.2) is 0 Å². The van der Waals surface area contributed by atoms with E-state index in [4.69, 9.17) is 4.74 Å². The van der Waals surface area contributed by atoms with Crippen molar-refractivity contribution in [1.29, 1.82) is 0 Å². The van der Waals surface area contributed by atoms with Crippen LogP contribution in [0.2, 0.25) is 0 Å². The van der Waals surface area contributed by atoms with Gasteiger partial charge in [-0.15, -0.1) is 0 Å². The number of ether oxygens (including phenoxy) is 1. The lowest BCUT2D eigenvalue weighted by Gasteiger charge is -2.67. The molecule has 0 N–H and O–H groups in total. The molecule has 2 bridgehead atoms. The monoisotopic (exact) mass is 223 g/mol. The summed E-state index contributed by atoms with van der Waals surface area (Å²) < 4.78 is 5.98. The number of rotatable bonds is 3. The first kappa shape index (κ1) is 11.0. The van der Waals surface area contributed by atoms with E-state index in [9.17, 15) is 0 Å². The molecule has 1 atom stereocenters. The van der Waals surface area contributed by atoms with Crippen molar-refractivity contribution in [2.24, 2.45) is 5.92 Å². The van der Waals surface area contributed by atoms with Gasteiger partial charge in [-0.2, -0.15) is 0 Å². The van der Waals surface area contributed by atoms with E-state index in [1.165, 1.54) is 38.6 Å². The summed E-state index contributed by atoms with van der Waals surface area (Å²) in [5.74, 6) is 1.09. The number of hydrogen-bond donors (Lipinski definition) is 0. The number of hydrogen-bond acceptors (Lipinski definition) is 2. The topological polar surface area (TPSA) is 12.5 Å². The molecule has 1 saturated heterocycles. The van der Waals surface area contributed by atoms with Gasteiger partial charge in [0.25, 0.3) is 0 Å². The van der Waals surface area contributed by atoms with Crippen LogP contribution in [0.5, 0.6) is 0 Å². The second-order valence-electron chi connectivity index (χ2n) is 7.12. The van der Waals surface area contributed by atoms with E-state index in [2.05, 4.69) is 25.7 Å². The zero-order chi connectivity index (χ0) is 11.4. The molecule has 0 radical (unpaired) electrons. The molecule has 2 nitrogen and oxygen atoms in total. The van der Waals surface area contributed by atoms with Crippen molar-refractivity contribution in [3.63, 3.8) is 0 Å². The van der Waals surface area contributed by atoms with E-state index in [0.717, 1.165) is 12.5 Å². The van der Waals surface area contributed by atoms with Crippen molar-refractivity contribution in [2.45, 2.75) is 70.1 Å². The van der Waals surface area contributed by atoms with Gasteiger partial charge in [-0.25, -0.2) is 0 Å². The molecule has 16 heavy (non-hydrogen) atoms. The molecule has 92 valence electrons. The smallest absolute Gasteiger partial charge is 0.0629 e. The summed E-state index contributed by atoms with van der Waals surface area (Å²) in [6.07, 6.45) is 7.18. The highest BCUT2D eigenvalue weighted by Crippen LogP contribution is 2.61. The van der Waals surface area contributed by atoms with E-state index in [0.29, 0.717) is 11.6 Å². The highest BCUT2D eigenvalue weighted by molar-refractivity contribution is 5.16. The molecule has 3 saturated carbocycles. The van der Waals surface area contributed by atoms with Crippen molar-refractivity contribution in [2.75, 3.05) is 13.2 Å². The normalized spacial score (nSPS) is 42.9. The van der Waals surface area contributed by atoms with Crippen LogP contribution in [-0.4, -0.2) is 35.2 Å². The van der Waals surface area contributed by atoms with Crippen molar-refractivity contribution in [3.05, 3.63) is 0 Å². The fraction of sp³-hybridized carbons (Fsp3) is 1.00. The van der Waals surface area contributed by atoms with Gasteiger partial charge < -0.3 is 4.74 Å². The van der Waals surface area contributed by atoms with Gasteiger partial charge in [0.1, 0.15) is 0 Å². The maximum Gasteiger partial charge on any atom is 0.0629 e. The van der Waals surface area contributed by atoms with Gasteiger partial charge in [-0.1, -0.05) is 0 Å². The molecule has 0 aromatic heterocycles. The molecule has 4 aliphatic rings. The molecule has 4 fully saturated rings.